The third-order valence-corrected chi connectivity index (χ3v) is 4.12. The van der Waals surface area contributed by atoms with Crippen LogP contribution in [0.4, 0.5) is 0 Å². The van der Waals surface area contributed by atoms with Gasteiger partial charge in [0.05, 0.1) is 24.6 Å². The van der Waals surface area contributed by atoms with Crippen LogP contribution in [0.15, 0.2) is 59.7 Å². The fourth-order valence-corrected chi connectivity index (χ4v) is 2.68. The number of aryl methyl sites for hydroxylation is 1. The summed E-state index contributed by atoms with van der Waals surface area (Å²) in [6.45, 7) is 1.88. The lowest BCUT2D eigenvalue weighted by atomic mass is 10.1. The molecule has 0 spiro atoms. The molecule has 0 fully saturated rings. The van der Waals surface area contributed by atoms with E-state index in [4.69, 9.17) is 10.00 Å². The molecule has 0 unspecified atom stereocenters. The molecule has 3 rings (SSSR count). The number of hydrazone groups is 1. The minimum atomic E-state index is -0.487. The molecule has 0 saturated heterocycles. The standard InChI is InChI=1S/C22H18N4O3/c1-14-9-15(10-20(25-14)16-3-6-19(29-2)7-4-16)13-24-26-22(28)17-5-8-21(27)18(11-17)12-23/h3-11,13,27H,1-2H3,(H,26,28)/b24-13+. The van der Waals surface area contributed by atoms with Gasteiger partial charge in [0, 0.05) is 16.8 Å². The first kappa shape index (κ1) is 19.6. The highest BCUT2D eigenvalue weighted by molar-refractivity contribution is 5.95. The summed E-state index contributed by atoms with van der Waals surface area (Å²) in [5.74, 6) is 0.101. The smallest absolute Gasteiger partial charge is 0.271 e. The molecule has 3 aromatic rings. The van der Waals surface area contributed by atoms with E-state index in [0.29, 0.717) is 0 Å². The quantitative estimate of drug-likeness (QED) is 0.516. The zero-order valence-electron chi connectivity index (χ0n) is 15.9. The number of aromatic hydroxyl groups is 1. The Labute approximate surface area is 167 Å². The fraction of sp³-hybridized carbons (Fsp3) is 0.0909. The van der Waals surface area contributed by atoms with E-state index in [1.165, 1.54) is 24.4 Å². The summed E-state index contributed by atoms with van der Waals surface area (Å²) in [5.41, 5.74) is 5.95. The zero-order valence-corrected chi connectivity index (χ0v) is 15.9. The number of hydrogen-bond acceptors (Lipinski definition) is 6. The zero-order chi connectivity index (χ0) is 20.8. The second-order valence-electron chi connectivity index (χ2n) is 6.20. The number of phenols is 1. The molecule has 7 heteroatoms. The minimum Gasteiger partial charge on any atom is -0.507 e. The first-order valence-corrected chi connectivity index (χ1v) is 8.70. The number of methoxy groups -OCH3 is 1. The number of aromatic nitrogens is 1. The molecule has 0 atom stereocenters. The Bertz CT molecular complexity index is 1120. The van der Waals surface area contributed by atoms with Crippen LogP contribution in [0.25, 0.3) is 11.3 Å². The molecule has 7 nitrogen and oxygen atoms in total. The Morgan fingerprint density at radius 3 is 2.66 bits per heavy atom. The molecule has 2 N–H and O–H groups in total. The summed E-state index contributed by atoms with van der Waals surface area (Å²) < 4.78 is 5.17. The van der Waals surface area contributed by atoms with E-state index in [1.807, 2.05) is 49.4 Å². The first-order chi connectivity index (χ1) is 14.0. The van der Waals surface area contributed by atoms with Crippen LogP contribution in [-0.2, 0) is 0 Å². The molecular formula is C22H18N4O3. The number of pyridine rings is 1. The highest BCUT2D eigenvalue weighted by Gasteiger charge is 2.08. The van der Waals surface area contributed by atoms with Crippen molar-refractivity contribution in [2.45, 2.75) is 6.92 Å². The van der Waals surface area contributed by atoms with Crippen LogP contribution in [0, 0.1) is 18.3 Å². The maximum Gasteiger partial charge on any atom is 0.271 e. The maximum absolute atomic E-state index is 12.2. The van der Waals surface area contributed by atoms with Gasteiger partial charge in [0.25, 0.3) is 5.91 Å². The first-order valence-electron chi connectivity index (χ1n) is 8.70. The van der Waals surface area contributed by atoms with Crippen LogP contribution in [-0.4, -0.2) is 29.3 Å². The van der Waals surface area contributed by atoms with Crippen LogP contribution in [0.5, 0.6) is 11.5 Å². The topological polar surface area (TPSA) is 108 Å². The second-order valence-corrected chi connectivity index (χ2v) is 6.20. The molecule has 0 aliphatic rings. The largest absolute Gasteiger partial charge is 0.507 e. The van der Waals surface area contributed by atoms with Gasteiger partial charge in [-0.2, -0.15) is 10.4 Å². The molecule has 144 valence electrons. The van der Waals surface area contributed by atoms with Gasteiger partial charge in [-0.1, -0.05) is 0 Å². The lowest BCUT2D eigenvalue weighted by Crippen LogP contribution is -2.17. The second kappa shape index (κ2) is 8.67. The van der Waals surface area contributed by atoms with E-state index in [9.17, 15) is 9.90 Å². The SMILES string of the molecule is COc1ccc(-c2cc(/C=N/NC(=O)c3ccc(O)c(C#N)c3)cc(C)n2)cc1. The monoisotopic (exact) mass is 386 g/mol. The number of phenolic OH excluding ortho intramolecular Hbond substituents is 1. The number of ether oxygens (including phenoxy) is 1. The Morgan fingerprint density at radius 1 is 1.21 bits per heavy atom. The number of carbonyl (C=O) groups is 1. The van der Waals surface area contributed by atoms with Crippen LogP contribution < -0.4 is 10.2 Å². The van der Waals surface area contributed by atoms with Crippen molar-refractivity contribution in [1.82, 2.24) is 10.4 Å². The average Bonchev–Trinajstić information content (AvgIpc) is 2.73. The van der Waals surface area contributed by atoms with Gasteiger partial charge >= 0.3 is 0 Å². The number of rotatable bonds is 5. The van der Waals surface area contributed by atoms with Crippen LogP contribution in [0.3, 0.4) is 0 Å². The van der Waals surface area contributed by atoms with Crippen molar-refractivity contribution in [3.8, 4) is 28.8 Å². The van der Waals surface area contributed by atoms with Crippen LogP contribution >= 0.6 is 0 Å². The molecule has 0 aliphatic heterocycles. The molecule has 0 saturated carbocycles. The lowest BCUT2D eigenvalue weighted by molar-refractivity contribution is 0.0955. The summed E-state index contributed by atoms with van der Waals surface area (Å²) >= 11 is 0. The van der Waals surface area contributed by atoms with Gasteiger partial charge in [-0.05, 0) is 67.1 Å². The van der Waals surface area contributed by atoms with E-state index in [0.717, 1.165) is 28.3 Å². The summed E-state index contributed by atoms with van der Waals surface area (Å²) in [7, 11) is 1.61. The van der Waals surface area contributed by atoms with Crippen LogP contribution in [0.2, 0.25) is 0 Å². The van der Waals surface area contributed by atoms with Crippen molar-refractivity contribution in [1.29, 1.82) is 5.26 Å². The Hall–Kier alpha value is -4.18. The summed E-state index contributed by atoms with van der Waals surface area (Å²) in [5, 5.41) is 22.4. The van der Waals surface area contributed by atoms with Gasteiger partial charge < -0.3 is 9.84 Å². The number of amides is 1. The number of nitriles is 1. The molecule has 0 bridgehead atoms. The van der Waals surface area contributed by atoms with Crippen molar-refractivity contribution in [2.75, 3.05) is 7.11 Å². The average molecular weight is 386 g/mol. The van der Waals surface area contributed by atoms with Gasteiger partial charge in [0.2, 0.25) is 0 Å². The Balaban J connectivity index is 1.76. The predicted octanol–water partition coefficient (Wildman–Crippen LogP) is 3.41. The normalized spacial score (nSPS) is 10.5. The molecule has 1 heterocycles. The van der Waals surface area contributed by atoms with E-state index in [1.54, 1.807) is 7.11 Å². The molecule has 0 aliphatic carbocycles. The number of hydrogen-bond donors (Lipinski definition) is 2. The third kappa shape index (κ3) is 4.76. The predicted molar refractivity (Wildman–Crippen MR) is 109 cm³/mol. The fourth-order valence-electron chi connectivity index (χ4n) is 2.68. The van der Waals surface area contributed by atoms with Crippen molar-refractivity contribution in [3.05, 3.63) is 77.0 Å². The van der Waals surface area contributed by atoms with Gasteiger partial charge in [0.1, 0.15) is 17.6 Å². The van der Waals surface area contributed by atoms with Gasteiger partial charge in [-0.15, -0.1) is 0 Å². The number of benzene rings is 2. The van der Waals surface area contributed by atoms with Crippen LogP contribution in [0.1, 0.15) is 27.2 Å². The van der Waals surface area contributed by atoms with Gasteiger partial charge in [-0.3, -0.25) is 9.78 Å². The van der Waals surface area contributed by atoms with E-state index < -0.39 is 5.91 Å². The molecule has 2 aromatic carbocycles. The van der Waals surface area contributed by atoms with E-state index in [-0.39, 0.29) is 16.9 Å². The molecule has 0 radical (unpaired) electrons. The third-order valence-electron chi connectivity index (χ3n) is 4.12. The van der Waals surface area contributed by atoms with E-state index >= 15 is 0 Å². The van der Waals surface area contributed by atoms with E-state index in [2.05, 4.69) is 15.5 Å². The van der Waals surface area contributed by atoms with Crippen molar-refractivity contribution in [3.63, 3.8) is 0 Å². The Kier molecular flexibility index (Phi) is 5.85. The summed E-state index contributed by atoms with van der Waals surface area (Å²) in [6.07, 6.45) is 1.52. The molecule has 1 amide bonds. The van der Waals surface area contributed by atoms with Crippen molar-refractivity contribution in [2.24, 2.45) is 5.10 Å². The molecule has 29 heavy (non-hydrogen) atoms. The van der Waals surface area contributed by atoms with Gasteiger partial charge in [-0.25, -0.2) is 5.43 Å². The minimum absolute atomic E-state index is 0.0236. The molecular weight excluding hydrogens is 368 g/mol. The van der Waals surface area contributed by atoms with Crippen molar-refractivity contribution < 1.29 is 14.6 Å². The van der Waals surface area contributed by atoms with Gasteiger partial charge in [0.15, 0.2) is 0 Å². The maximum atomic E-state index is 12.2. The highest BCUT2D eigenvalue weighted by Crippen LogP contribution is 2.22. The Morgan fingerprint density at radius 2 is 1.97 bits per heavy atom. The number of carbonyl (C=O) groups excluding carboxylic acids is 1. The highest BCUT2D eigenvalue weighted by atomic mass is 16.5. The molecule has 1 aromatic heterocycles. The summed E-state index contributed by atoms with van der Waals surface area (Å²) in [6, 6.07) is 17.1. The van der Waals surface area contributed by atoms with Crippen molar-refractivity contribution >= 4 is 12.1 Å². The lowest BCUT2D eigenvalue weighted by Gasteiger charge is -2.06. The number of nitrogens with zero attached hydrogens (tertiary/aromatic N) is 3. The summed E-state index contributed by atoms with van der Waals surface area (Å²) in [4.78, 5) is 16.7. The number of nitrogens with one attached hydrogen (secondary N) is 1.